The molecule has 2 nitrogen and oxygen atoms in total. The first-order chi connectivity index (χ1) is 12.7. The number of benzene rings is 4. The Balaban J connectivity index is 0.00000210. The summed E-state index contributed by atoms with van der Waals surface area (Å²) in [5.74, 6) is -1.54. The molecular weight excluding hydrogens is 343 g/mol. The molecule has 0 aliphatic rings. The zero-order valence-electron chi connectivity index (χ0n) is 15.4. The van der Waals surface area contributed by atoms with Crippen LogP contribution in [-0.4, -0.2) is 5.97 Å². The van der Waals surface area contributed by atoms with E-state index in [-0.39, 0.29) is 29.6 Å². The molecule has 4 aromatic rings. The van der Waals surface area contributed by atoms with Crippen molar-refractivity contribution in [1.82, 2.24) is 0 Å². The first kappa shape index (κ1) is 19.6. The molecule has 0 aliphatic heterocycles. The minimum absolute atomic E-state index is 0. The molecule has 0 fully saturated rings. The molecule has 0 radical (unpaired) electrons. The van der Waals surface area contributed by atoms with Gasteiger partial charge in [0.05, 0.1) is 0 Å². The fraction of sp³-hybridized carbons (Fsp3) is 0.125. The van der Waals surface area contributed by atoms with Gasteiger partial charge in [0, 0.05) is 11.9 Å². The maximum absolute atomic E-state index is 11.7. The van der Waals surface area contributed by atoms with Gasteiger partial charge < -0.3 is 9.90 Å². The van der Waals surface area contributed by atoms with Gasteiger partial charge in [-0.15, -0.1) is 0 Å². The smallest absolute Gasteiger partial charge is 0.550 e. The van der Waals surface area contributed by atoms with E-state index in [1.165, 1.54) is 0 Å². The molecule has 27 heavy (non-hydrogen) atoms. The predicted octanol–water partition coefficient (Wildman–Crippen LogP) is 1.15. The van der Waals surface area contributed by atoms with Gasteiger partial charge in [-0.3, -0.25) is 0 Å². The summed E-state index contributed by atoms with van der Waals surface area (Å²) in [6.45, 7) is 0. The molecular formula is C24H19NaO2. The van der Waals surface area contributed by atoms with E-state index in [9.17, 15) is 9.90 Å². The summed E-state index contributed by atoms with van der Waals surface area (Å²) in [6.07, 6.45) is 0.944. The number of carboxylic acids is 1. The van der Waals surface area contributed by atoms with E-state index >= 15 is 0 Å². The second kappa shape index (κ2) is 8.71. The normalized spacial score (nSPS) is 10.9. The standard InChI is InChI=1S/C24H20O2.Na/c25-24(26)23(15-17-9-11-19-5-1-3-7-21(19)13-17)16-18-10-12-20-6-2-4-8-22(20)14-18;/h1-14,23H,15-16H2,(H,25,26);/q;+1/p-1. The summed E-state index contributed by atoms with van der Waals surface area (Å²) in [6, 6.07) is 28.5. The number of hydrogen-bond donors (Lipinski definition) is 0. The molecule has 0 spiro atoms. The second-order valence-corrected chi connectivity index (χ2v) is 6.79. The molecule has 0 atom stereocenters. The third kappa shape index (κ3) is 4.59. The number of carboxylic acid groups (broad SMARTS) is 1. The van der Waals surface area contributed by atoms with Crippen LogP contribution >= 0.6 is 0 Å². The molecule has 0 unspecified atom stereocenters. The van der Waals surface area contributed by atoms with Crippen molar-refractivity contribution < 1.29 is 39.5 Å². The van der Waals surface area contributed by atoms with Gasteiger partial charge in [-0.1, -0.05) is 84.9 Å². The molecule has 0 aromatic heterocycles. The maximum Gasteiger partial charge on any atom is 1.00 e. The Morgan fingerprint density at radius 2 is 1.07 bits per heavy atom. The van der Waals surface area contributed by atoms with Crippen LogP contribution in [0.15, 0.2) is 84.9 Å². The van der Waals surface area contributed by atoms with Crippen LogP contribution in [0.1, 0.15) is 11.1 Å². The Morgan fingerprint density at radius 3 is 1.48 bits per heavy atom. The molecule has 128 valence electrons. The molecule has 0 saturated carbocycles. The zero-order chi connectivity index (χ0) is 17.9. The van der Waals surface area contributed by atoms with Gasteiger partial charge in [0.1, 0.15) is 0 Å². The van der Waals surface area contributed by atoms with E-state index in [4.69, 9.17) is 0 Å². The third-order valence-corrected chi connectivity index (χ3v) is 4.93. The van der Waals surface area contributed by atoms with Gasteiger partial charge in [-0.25, -0.2) is 0 Å². The molecule has 0 bridgehead atoms. The Labute approximate surface area is 181 Å². The van der Waals surface area contributed by atoms with E-state index in [0.717, 1.165) is 32.7 Å². The topological polar surface area (TPSA) is 40.1 Å². The third-order valence-electron chi connectivity index (χ3n) is 4.93. The van der Waals surface area contributed by atoms with Crippen molar-refractivity contribution in [3.05, 3.63) is 96.1 Å². The number of carbonyl (C=O) groups is 1. The predicted molar refractivity (Wildman–Crippen MR) is 104 cm³/mol. The summed E-state index contributed by atoms with van der Waals surface area (Å²) < 4.78 is 0. The zero-order valence-corrected chi connectivity index (χ0v) is 17.4. The Hall–Kier alpha value is -2.13. The van der Waals surface area contributed by atoms with Gasteiger partial charge in [0.25, 0.3) is 0 Å². The van der Waals surface area contributed by atoms with Crippen LogP contribution in [0.4, 0.5) is 0 Å². The molecule has 0 saturated heterocycles. The first-order valence-corrected chi connectivity index (χ1v) is 8.85. The van der Waals surface area contributed by atoms with Crippen LogP contribution in [0.3, 0.4) is 0 Å². The summed E-state index contributed by atoms with van der Waals surface area (Å²) in [5, 5.41) is 16.3. The maximum atomic E-state index is 11.7. The molecule has 4 aromatic carbocycles. The van der Waals surface area contributed by atoms with Crippen LogP contribution < -0.4 is 34.7 Å². The molecule has 3 heteroatoms. The van der Waals surface area contributed by atoms with E-state index in [0.29, 0.717) is 12.8 Å². The minimum Gasteiger partial charge on any atom is -0.550 e. The largest absolute Gasteiger partial charge is 1.00 e. The van der Waals surface area contributed by atoms with Gasteiger partial charge in [-0.2, -0.15) is 0 Å². The quantitative estimate of drug-likeness (QED) is 0.500. The average Bonchev–Trinajstić information content (AvgIpc) is 2.67. The molecule has 0 heterocycles. The van der Waals surface area contributed by atoms with E-state index in [1.807, 2.05) is 48.5 Å². The van der Waals surface area contributed by atoms with Crippen LogP contribution in [0, 0.1) is 5.92 Å². The molecule has 0 N–H and O–H groups in total. The van der Waals surface area contributed by atoms with Crippen molar-refractivity contribution in [1.29, 1.82) is 0 Å². The summed E-state index contributed by atoms with van der Waals surface area (Å²) in [4.78, 5) is 11.7. The number of fused-ring (bicyclic) bond motifs is 2. The van der Waals surface area contributed by atoms with Gasteiger partial charge in [0.2, 0.25) is 0 Å². The van der Waals surface area contributed by atoms with Crippen molar-refractivity contribution >= 4 is 27.5 Å². The molecule has 0 aliphatic carbocycles. The van der Waals surface area contributed by atoms with Gasteiger partial charge in [-0.05, 0) is 45.5 Å². The number of carbonyl (C=O) groups excluding carboxylic acids is 1. The van der Waals surface area contributed by atoms with Crippen molar-refractivity contribution in [2.24, 2.45) is 5.92 Å². The Morgan fingerprint density at radius 1 is 0.667 bits per heavy atom. The molecule has 4 rings (SSSR count). The summed E-state index contributed by atoms with van der Waals surface area (Å²) >= 11 is 0. The van der Waals surface area contributed by atoms with E-state index in [2.05, 4.69) is 36.4 Å². The minimum atomic E-state index is -0.994. The monoisotopic (exact) mass is 362 g/mol. The van der Waals surface area contributed by atoms with Crippen molar-refractivity contribution in [3.63, 3.8) is 0 Å². The van der Waals surface area contributed by atoms with Crippen molar-refractivity contribution in [3.8, 4) is 0 Å². The Bertz CT molecular complexity index is 1010. The number of rotatable bonds is 5. The first-order valence-electron chi connectivity index (χ1n) is 8.85. The van der Waals surface area contributed by atoms with Crippen LogP contribution in [0.5, 0.6) is 0 Å². The van der Waals surface area contributed by atoms with Crippen LogP contribution in [0.25, 0.3) is 21.5 Å². The van der Waals surface area contributed by atoms with Crippen LogP contribution in [0.2, 0.25) is 0 Å². The van der Waals surface area contributed by atoms with Gasteiger partial charge in [0.15, 0.2) is 0 Å². The number of hydrogen-bond acceptors (Lipinski definition) is 2. The molecule has 0 amide bonds. The fourth-order valence-corrected chi connectivity index (χ4v) is 3.54. The summed E-state index contributed by atoms with van der Waals surface area (Å²) in [5.41, 5.74) is 2.05. The van der Waals surface area contributed by atoms with E-state index < -0.39 is 11.9 Å². The van der Waals surface area contributed by atoms with Gasteiger partial charge >= 0.3 is 29.6 Å². The van der Waals surface area contributed by atoms with Crippen molar-refractivity contribution in [2.45, 2.75) is 12.8 Å². The SMILES string of the molecule is O=C([O-])C(Cc1ccc2ccccc2c1)Cc1ccc2ccccc2c1.[Na+]. The summed E-state index contributed by atoms with van der Waals surface area (Å²) in [7, 11) is 0. The Kier molecular flexibility index (Phi) is 6.33. The average molecular weight is 362 g/mol. The second-order valence-electron chi connectivity index (χ2n) is 6.79. The van der Waals surface area contributed by atoms with Crippen LogP contribution in [-0.2, 0) is 17.6 Å². The van der Waals surface area contributed by atoms with E-state index in [1.54, 1.807) is 0 Å². The fourth-order valence-electron chi connectivity index (χ4n) is 3.54. The number of aliphatic carboxylic acids is 1. The van der Waals surface area contributed by atoms with Crippen molar-refractivity contribution in [2.75, 3.05) is 0 Å².